The molecule has 0 aliphatic heterocycles. The average molecular weight is 422 g/mol. The molecule has 29 heavy (non-hydrogen) atoms. The minimum Gasteiger partial charge on any atom is -0.313 e. The topological polar surface area (TPSA) is 112 Å². The molecule has 0 aliphatic rings. The molecule has 2 N–H and O–H groups in total. The molecule has 0 bridgehead atoms. The highest BCUT2D eigenvalue weighted by Crippen LogP contribution is 2.25. The van der Waals surface area contributed by atoms with Gasteiger partial charge in [0.2, 0.25) is 0 Å². The average Bonchev–Trinajstić information content (AvgIpc) is 2.69. The largest absolute Gasteiger partial charge is 0.313 e. The van der Waals surface area contributed by atoms with E-state index in [4.69, 9.17) is 0 Å². The lowest BCUT2D eigenvalue weighted by Gasteiger charge is -2.17. The molecule has 0 radical (unpaired) electrons. The number of benzene rings is 2. The number of carbonyl (C=O) groups excluding carboxylic acids is 1. The van der Waals surface area contributed by atoms with Crippen molar-refractivity contribution in [2.24, 2.45) is 0 Å². The summed E-state index contributed by atoms with van der Waals surface area (Å²) >= 11 is 0. The molecule has 0 saturated heterocycles. The lowest BCUT2D eigenvalue weighted by molar-refractivity contribution is 0.103. The lowest BCUT2D eigenvalue weighted by Crippen LogP contribution is -2.32. The van der Waals surface area contributed by atoms with Crippen molar-refractivity contribution in [1.82, 2.24) is 14.3 Å². The van der Waals surface area contributed by atoms with Crippen LogP contribution in [-0.4, -0.2) is 42.1 Å². The lowest BCUT2D eigenvalue weighted by atomic mass is 10.0. The zero-order valence-corrected chi connectivity index (χ0v) is 16.2. The number of aromatic nitrogens is 2. The van der Waals surface area contributed by atoms with E-state index in [0.717, 1.165) is 16.4 Å². The number of H-pyrrole nitrogens is 1. The van der Waals surface area contributed by atoms with Gasteiger partial charge in [0.15, 0.2) is 11.6 Å². The first-order valence-electron chi connectivity index (χ1n) is 8.40. The predicted octanol–water partition coefficient (Wildman–Crippen LogP) is 2.04. The van der Waals surface area contributed by atoms with Crippen molar-refractivity contribution in [2.75, 3.05) is 18.3 Å². The van der Waals surface area contributed by atoms with Gasteiger partial charge in [-0.1, -0.05) is 6.92 Å². The molecule has 0 saturated carbocycles. The molecular weight excluding hydrogens is 406 g/mol. The summed E-state index contributed by atoms with van der Waals surface area (Å²) in [5, 5.41) is 0.0700. The Kier molecular flexibility index (Phi) is 5.44. The summed E-state index contributed by atoms with van der Waals surface area (Å²) in [4.78, 5) is 30.9. The quantitative estimate of drug-likeness (QED) is 0.591. The fraction of sp³-hybridized carbons (Fsp3) is 0.167. The number of nitrogens with one attached hydrogen (secondary N) is 2. The van der Waals surface area contributed by atoms with Gasteiger partial charge in [0.05, 0.1) is 28.5 Å². The Morgan fingerprint density at radius 1 is 1.24 bits per heavy atom. The fourth-order valence-electron chi connectivity index (χ4n) is 2.58. The summed E-state index contributed by atoms with van der Waals surface area (Å²) in [6, 6.07) is 5.49. The number of halogens is 2. The van der Waals surface area contributed by atoms with Crippen molar-refractivity contribution in [2.45, 2.75) is 6.92 Å². The summed E-state index contributed by atoms with van der Waals surface area (Å²) in [5.41, 5.74) is -1.89. The summed E-state index contributed by atoms with van der Waals surface area (Å²) in [5.74, 6) is -3.57. The standard InChI is InChI=1S/C18H16F2N4O4S/c1-3-24(2)29(27,28)23-14-7-5-12(19)15(16(14)20)17(25)10-4-6-13-11(8-10)18(26)22-9-21-13/h4-9,23H,3H2,1-2H3,(H,21,22,26). The van der Waals surface area contributed by atoms with E-state index in [1.807, 2.05) is 4.72 Å². The second-order valence-corrected chi connectivity index (χ2v) is 7.88. The minimum atomic E-state index is -4.08. The van der Waals surface area contributed by atoms with Gasteiger partial charge in [0.25, 0.3) is 5.56 Å². The van der Waals surface area contributed by atoms with E-state index >= 15 is 0 Å². The number of anilines is 1. The zero-order chi connectivity index (χ0) is 21.3. The zero-order valence-electron chi connectivity index (χ0n) is 15.4. The van der Waals surface area contributed by atoms with E-state index in [2.05, 4.69) is 9.97 Å². The molecule has 0 spiro atoms. The van der Waals surface area contributed by atoms with Crippen LogP contribution in [0, 0.1) is 11.6 Å². The smallest absolute Gasteiger partial charge is 0.301 e. The van der Waals surface area contributed by atoms with Crippen LogP contribution in [-0.2, 0) is 10.2 Å². The normalized spacial score (nSPS) is 11.8. The van der Waals surface area contributed by atoms with Gasteiger partial charge >= 0.3 is 10.2 Å². The van der Waals surface area contributed by atoms with Crippen molar-refractivity contribution in [3.05, 3.63) is 69.8 Å². The van der Waals surface area contributed by atoms with Crippen LogP contribution in [0.25, 0.3) is 10.9 Å². The van der Waals surface area contributed by atoms with Crippen LogP contribution in [0.4, 0.5) is 14.5 Å². The first-order chi connectivity index (χ1) is 13.7. The molecule has 0 fully saturated rings. The Labute approximate surface area is 164 Å². The van der Waals surface area contributed by atoms with Crippen molar-refractivity contribution in [1.29, 1.82) is 0 Å². The maximum atomic E-state index is 14.9. The minimum absolute atomic E-state index is 0.0700. The van der Waals surface area contributed by atoms with Gasteiger partial charge in [0, 0.05) is 19.2 Å². The second-order valence-electron chi connectivity index (χ2n) is 6.10. The Bertz CT molecular complexity index is 1270. The molecule has 2 aromatic carbocycles. The van der Waals surface area contributed by atoms with Gasteiger partial charge in [-0.25, -0.2) is 13.8 Å². The third kappa shape index (κ3) is 3.87. The first kappa shape index (κ1) is 20.6. The number of fused-ring (bicyclic) bond motifs is 1. The summed E-state index contributed by atoms with van der Waals surface area (Å²) in [7, 11) is -2.81. The van der Waals surface area contributed by atoms with E-state index in [0.29, 0.717) is 5.52 Å². The Hall–Kier alpha value is -3.18. The molecular formula is C18H16F2N4O4S. The van der Waals surface area contributed by atoms with Crippen LogP contribution >= 0.6 is 0 Å². The molecule has 3 rings (SSSR count). The maximum Gasteiger partial charge on any atom is 0.301 e. The van der Waals surface area contributed by atoms with Crippen LogP contribution in [0.15, 0.2) is 41.5 Å². The number of rotatable bonds is 6. The second kappa shape index (κ2) is 7.68. The van der Waals surface area contributed by atoms with E-state index in [1.54, 1.807) is 6.92 Å². The fourth-order valence-corrected chi connectivity index (χ4v) is 3.51. The van der Waals surface area contributed by atoms with Gasteiger partial charge in [0.1, 0.15) is 5.82 Å². The molecule has 1 heterocycles. The Balaban J connectivity index is 2.08. The van der Waals surface area contributed by atoms with Crippen LogP contribution in [0.3, 0.4) is 0 Å². The molecule has 3 aromatic rings. The number of hydrogen-bond donors (Lipinski definition) is 2. The summed E-state index contributed by atoms with van der Waals surface area (Å²) < 4.78 is 56.3. The number of aromatic amines is 1. The van der Waals surface area contributed by atoms with Gasteiger partial charge in [-0.3, -0.25) is 14.3 Å². The van der Waals surface area contributed by atoms with Crippen molar-refractivity contribution >= 4 is 32.6 Å². The highest BCUT2D eigenvalue weighted by atomic mass is 32.2. The molecule has 1 aromatic heterocycles. The monoisotopic (exact) mass is 422 g/mol. The van der Waals surface area contributed by atoms with E-state index < -0.39 is 44.4 Å². The van der Waals surface area contributed by atoms with E-state index in [-0.39, 0.29) is 17.5 Å². The van der Waals surface area contributed by atoms with Crippen LogP contribution in [0.1, 0.15) is 22.8 Å². The van der Waals surface area contributed by atoms with Gasteiger partial charge in [-0.2, -0.15) is 12.7 Å². The maximum absolute atomic E-state index is 14.9. The molecule has 0 atom stereocenters. The summed E-state index contributed by atoms with van der Waals surface area (Å²) in [6.45, 7) is 1.69. The van der Waals surface area contributed by atoms with E-state index in [9.17, 15) is 26.8 Å². The van der Waals surface area contributed by atoms with Crippen molar-refractivity contribution in [3.8, 4) is 0 Å². The number of nitrogens with zero attached hydrogens (tertiary/aromatic N) is 2. The highest BCUT2D eigenvalue weighted by molar-refractivity contribution is 7.90. The Morgan fingerprint density at radius 3 is 2.66 bits per heavy atom. The predicted molar refractivity (Wildman–Crippen MR) is 103 cm³/mol. The summed E-state index contributed by atoms with van der Waals surface area (Å²) in [6.07, 6.45) is 1.19. The van der Waals surface area contributed by atoms with Gasteiger partial charge in [-0.05, 0) is 30.3 Å². The Morgan fingerprint density at radius 2 is 1.97 bits per heavy atom. The van der Waals surface area contributed by atoms with Crippen LogP contribution in [0.5, 0.6) is 0 Å². The SMILES string of the molecule is CCN(C)S(=O)(=O)Nc1ccc(F)c(C(=O)c2ccc3nc[nH]c(=O)c3c2)c1F. The molecule has 0 unspecified atom stereocenters. The first-order valence-corrected chi connectivity index (χ1v) is 9.84. The number of hydrogen-bond acceptors (Lipinski definition) is 5. The molecule has 152 valence electrons. The number of carbonyl (C=O) groups is 1. The van der Waals surface area contributed by atoms with Crippen LogP contribution in [0.2, 0.25) is 0 Å². The van der Waals surface area contributed by atoms with Gasteiger partial charge in [-0.15, -0.1) is 0 Å². The third-order valence-electron chi connectivity index (χ3n) is 4.32. The molecule has 0 aliphatic carbocycles. The third-order valence-corrected chi connectivity index (χ3v) is 5.87. The number of ketones is 1. The molecule has 8 nitrogen and oxygen atoms in total. The van der Waals surface area contributed by atoms with Crippen LogP contribution < -0.4 is 10.3 Å². The molecule has 0 amide bonds. The molecule has 11 heteroatoms. The van der Waals surface area contributed by atoms with E-state index in [1.165, 1.54) is 31.6 Å². The highest BCUT2D eigenvalue weighted by Gasteiger charge is 2.25. The van der Waals surface area contributed by atoms with Gasteiger partial charge < -0.3 is 4.98 Å². The van der Waals surface area contributed by atoms with Crippen molar-refractivity contribution < 1.29 is 22.0 Å². The van der Waals surface area contributed by atoms with Crippen molar-refractivity contribution in [3.63, 3.8) is 0 Å².